The minimum absolute atomic E-state index is 0.706. The lowest BCUT2D eigenvalue weighted by molar-refractivity contribution is 1.15. The van der Waals surface area contributed by atoms with Crippen LogP contribution in [-0.2, 0) is 0 Å². The van der Waals surface area contributed by atoms with Gasteiger partial charge in [0.15, 0.2) is 3.83 Å². The summed E-state index contributed by atoms with van der Waals surface area (Å²) in [5.74, 6) is 0. The zero-order chi connectivity index (χ0) is 8.55. The first-order valence-electron chi connectivity index (χ1n) is 3.33. The molecule has 0 atom stereocenters. The molecule has 1 aromatic carbocycles. The van der Waals surface area contributed by atoms with Gasteiger partial charge in [-0.05, 0) is 18.2 Å². The number of fused-ring (bicyclic) bond motifs is 1. The normalized spacial score (nSPS) is 10.5. The summed E-state index contributed by atoms with van der Waals surface area (Å²) in [7, 11) is 0. The highest BCUT2D eigenvalue weighted by molar-refractivity contribution is 14.1. The minimum atomic E-state index is 0.706. The number of rotatable bonds is 0. The third-order valence-electron chi connectivity index (χ3n) is 1.52. The van der Waals surface area contributed by atoms with E-state index in [0.717, 1.165) is 14.7 Å². The molecule has 0 amide bonds. The van der Waals surface area contributed by atoms with Crippen LogP contribution in [0.4, 0.5) is 0 Å². The van der Waals surface area contributed by atoms with Gasteiger partial charge in [0.05, 0.1) is 5.52 Å². The van der Waals surface area contributed by atoms with Gasteiger partial charge >= 0.3 is 0 Å². The van der Waals surface area contributed by atoms with Crippen molar-refractivity contribution in [1.82, 2.24) is 9.97 Å². The number of nitrogens with zero attached hydrogens (tertiary/aromatic N) is 2. The first-order chi connectivity index (χ1) is 5.75. The highest BCUT2D eigenvalue weighted by Crippen LogP contribution is 2.16. The summed E-state index contributed by atoms with van der Waals surface area (Å²) >= 11 is 7.88. The lowest BCUT2D eigenvalue weighted by atomic mass is 10.2. The third kappa shape index (κ3) is 1.51. The largest absolute Gasteiger partial charge is 0.231 e. The Morgan fingerprint density at radius 3 is 3.00 bits per heavy atom. The lowest BCUT2D eigenvalue weighted by Gasteiger charge is -1.96. The molecule has 0 saturated carbocycles. The van der Waals surface area contributed by atoms with Crippen molar-refractivity contribution in [2.45, 2.75) is 0 Å². The van der Waals surface area contributed by atoms with Crippen LogP contribution in [0.1, 0.15) is 0 Å². The van der Waals surface area contributed by atoms with Crippen molar-refractivity contribution in [3.8, 4) is 0 Å². The molecule has 0 spiro atoms. The Bertz CT molecular complexity index is 394. The Kier molecular flexibility index (Phi) is 2.14. The predicted octanol–water partition coefficient (Wildman–Crippen LogP) is 2.89. The summed E-state index contributed by atoms with van der Waals surface area (Å²) in [6, 6.07) is 5.58. The van der Waals surface area contributed by atoms with Crippen LogP contribution in [0.25, 0.3) is 10.9 Å². The van der Waals surface area contributed by atoms with Crippen molar-refractivity contribution in [1.29, 1.82) is 0 Å². The lowest BCUT2D eigenvalue weighted by Crippen LogP contribution is -1.86. The zero-order valence-electron chi connectivity index (χ0n) is 5.96. The van der Waals surface area contributed by atoms with Crippen molar-refractivity contribution in [2.75, 3.05) is 0 Å². The third-order valence-corrected chi connectivity index (χ3v) is 2.27. The maximum atomic E-state index is 5.81. The Balaban J connectivity index is 2.80. The topological polar surface area (TPSA) is 25.8 Å². The molecule has 0 N–H and O–H groups in total. The van der Waals surface area contributed by atoms with Crippen molar-refractivity contribution < 1.29 is 0 Å². The number of benzene rings is 1. The number of hydrogen-bond acceptors (Lipinski definition) is 2. The number of halogens is 2. The van der Waals surface area contributed by atoms with Crippen LogP contribution < -0.4 is 0 Å². The molecule has 0 saturated heterocycles. The van der Waals surface area contributed by atoms with E-state index in [1.165, 1.54) is 0 Å². The summed E-state index contributed by atoms with van der Waals surface area (Å²) in [5, 5.41) is 1.72. The van der Waals surface area contributed by atoms with Crippen molar-refractivity contribution in [3.05, 3.63) is 33.2 Å². The fourth-order valence-corrected chi connectivity index (χ4v) is 1.54. The maximum absolute atomic E-state index is 5.81. The average Bonchev–Trinajstić information content (AvgIpc) is 2.03. The molecular weight excluding hydrogens is 286 g/mol. The maximum Gasteiger partial charge on any atom is 0.191 e. The van der Waals surface area contributed by atoms with Crippen LogP contribution in [0.3, 0.4) is 0 Å². The molecule has 2 nitrogen and oxygen atoms in total. The van der Waals surface area contributed by atoms with E-state index < -0.39 is 0 Å². The zero-order valence-corrected chi connectivity index (χ0v) is 8.87. The summed E-state index contributed by atoms with van der Waals surface area (Å²) in [6.07, 6.45) is 1.79. The number of aromatic nitrogens is 2. The molecule has 0 radical (unpaired) electrons. The fourth-order valence-electron chi connectivity index (χ4n) is 0.974. The van der Waals surface area contributed by atoms with Gasteiger partial charge in [-0.25, -0.2) is 9.97 Å². The van der Waals surface area contributed by atoms with E-state index >= 15 is 0 Å². The Morgan fingerprint density at radius 1 is 1.33 bits per heavy atom. The highest BCUT2D eigenvalue weighted by Gasteiger charge is 1.96. The van der Waals surface area contributed by atoms with Crippen LogP contribution in [0.15, 0.2) is 24.4 Å². The molecule has 1 aromatic heterocycles. The molecular formula is C8H4ClIN2. The first kappa shape index (κ1) is 8.19. The van der Waals surface area contributed by atoms with Crippen molar-refractivity contribution in [2.24, 2.45) is 0 Å². The minimum Gasteiger partial charge on any atom is -0.231 e. The van der Waals surface area contributed by atoms with Crippen LogP contribution in [0, 0.1) is 3.83 Å². The van der Waals surface area contributed by atoms with Gasteiger partial charge < -0.3 is 0 Å². The summed E-state index contributed by atoms with van der Waals surface area (Å²) in [6.45, 7) is 0. The van der Waals surface area contributed by atoms with Gasteiger partial charge in [0.2, 0.25) is 0 Å². The molecule has 2 rings (SSSR count). The standard InChI is InChI=1S/C8H4ClIN2/c9-6-2-1-5-4-11-8(10)12-7(5)3-6/h1-4H. The summed E-state index contributed by atoms with van der Waals surface area (Å²) < 4.78 is 0.738. The second-order valence-corrected chi connectivity index (χ2v) is 3.74. The van der Waals surface area contributed by atoms with Crippen LogP contribution >= 0.6 is 34.2 Å². The second kappa shape index (κ2) is 3.14. The Morgan fingerprint density at radius 2 is 2.17 bits per heavy atom. The molecule has 0 aliphatic rings. The van der Waals surface area contributed by atoms with Gasteiger partial charge in [-0.3, -0.25) is 0 Å². The van der Waals surface area contributed by atoms with Gasteiger partial charge in [0.1, 0.15) is 0 Å². The smallest absolute Gasteiger partial charge is 0.191 e. The van der Waals surface area contributed by atoms with E-state index in [1.54, 1.807) is 6.20 Å². The van der Waals surface area contributed by atoms with Gasteiger partial charge in [-0.15, -0.1) is 0 Å². The van der Waals surface area contributed by atoms with E-state index in [9.17, 15) is 0 Å². The quantitative estimate of drug-likeness (QED) is 0.551. The van der Waals surface area contributed by atoms with E-state index in [4.69, 9.17) is 11.6 Å². The Hall–Kier alpha value is -0.420. The molecule has 0 aliphatic heterocycles. The molecule has 1 heterocycles. The number of hydrogen-bond donors (Lipinski definition) is 0. The van der Waals surface area contributed by atoms with Gasteiger partial charge in [-0.1, -0.05) is 11.6 Å². The molecule has 4 heteroatoms. The van der Waals surface area contributed by atoms with E-state index in [1.807, 2.05) is 18.2 Å². The molecule has 12 heavy (non-hydrogen) atoms. The van der Waals surface area contributed by atoms with E-state index in [2.05, 4.69) is 32.6 Å². The molecule has 0 fully saturated rings. The average molecular weight is 290 g/mol. The highest BCUT2D eigenvalue weighted by atomic mass is 127. The molecule has 2 aromatic rings. The molecule has 60 valence electrons. The van der Waals surface area contributed by atoms with Crippen LogP contribution in [-0.4, -0.2) is 9.97 Å². The predicted molar refractivity (Wildman–Crippen MR) is 57.3 cm³/mol. The van der Waals surface area contributed by atoms with Gasteiger partial charge in [-0.2, -0.15) is 0 Å². The first-order valence-corrected chi connectivity index (χ1v) is 4.79. The van der Waals surface area contributed by atoms with Crippen LogP contribution in [0.5, 0.6) is 0 Å². The SMILES string of the molecule is Clc1ccc2cnc(I)nc2c1. The second-order valence-electron chi connectivity index (χ2n) is 2.34. The van der Waals surface area contributed by atoms with E-state index in [0.29, 0.717) is 5.02 Å². The van der Waals surface area contributed by atoms with Crippen LogP contribution in [0.2, 0.25) is 5.02 Å². The fraction of sp³-hybridized carbons (Fsp3) is 0. The van der Waals surface area contributed by atoms with Crippen molar-refractivity contribution in [3.63, 3.8) is 0 Å². The molecule has 0 bridgehead atoms. The molecule has 0 aliphatic carbocycles. The van der Waals surface area contributed by atoms with Gasteiger partial charge in [0, 0.05) is 39.2 Å². The van der Waals surface area contributed by atoms with E-state index in [-0.39, 0.29) is 0 Å². The monoisotopic (exact) mass is 290 g/mol. The summed E-state index contributed by atoms with van der Waals surface area (Å²) in [5.41, 5.74) is 0.891. The Labute approximate surface area is 88.1 Å². The molecule has 0 unspecified atom stereocenters. The van der Waals surface area contributed by atoms with Gasteiger partial charge in [0.25, 0.3) is 0 Å². The van der Waals surface area contributed by atoms with Crippen molar-refractivity contribution >= 4 is 45.1 Å². The summed E-state index contributed by atoms with van der Waals surface area (Å²) in [4.78, 5) is 8.30.